The fraction of sp³-hybridized carbons (Fsp3) is 0.727. The maximum Gasteiger partial charge on any atom is 0.143 e. The molecule has 3 nitrogen and oxygen atoms in total. The minimum atomic E-state index is -2.21. The molecule has 0 aromatic rings. The number of hydrogen-bond donors (Lipinski definition) is 0. The van der Waals surface area contributed by atoms with Crippen LogP contribution >= 0.6 is 7.14 Å². The first-order chi connectivity index (χ1) is 12.1. The Hall–Kier alpha value is -1.31. The predicted molar refractivity (Wildman–Crippen MR) is 109 cm³/mol. The minimum absolute atomic E-state index is 0.0653. The van der Waals surface area contributed by atoms with Crippen LogP contribution in [0.5, 0.6) is 0 Å². The summed E-state index contributed by atoms with van der Waals surface area (Å²) in [7, 11) is -2.21. The van der Waals surface area contributed by atoms with E-state index in [9.17, 15) is 14.2 Å². The first-order valence-corrected chi connectivity index (χ1v) is 12.4. The molecule has 0 aromatic heterocycles. The number of carbonyl (C=O) groups is 2. The molecule has 0 unspecified atom stereocenters. The first-order valence-electron chi connectivity index (χ1n) is 9.62. The molecule has 2 fully saturated rings. The van der Waals surface area contributed by atoms with Crippen LogP contribution < -0.4 is 0 Å². The van der Waals surface area contributed by atoms with Gasteiger partial charge in [0.15, 0.2) is 0 Å². The van der Waals surface area contributed by atoms with Gasteiger partial charge in [-0.3, -0.25) is 9.59 Å². The van der Waals surface area contributed by atoms with E-state index in [2.05, 4.69) is 23.7 Å². The molecule has 0 aliphatic heterocycles. The Morgan fingerprint density at radius 3 is 1.69 bits per heavy atom. The van der Waals surface area contributed by atoms with Crippen LogP contribution in [0.3, 0.4) is 0 Å². The lowest BCUT2D eigenvalue weighted by molar-refractivity contribution is -0.120. The maximum atomic E-state index is 11.6. The molecule has 0 radical (unpaired) electrons. The zero-order valence-corrected chi connectivity index (χ0v) is 17.8. The summed E-state index contributed by atoms with van der Waals surface area (Å²) in [5, 5.41) is 0. The van der Waals surface area contributed by atoms with Crippen LogP contribution in [-0.2, 0) is 14.2 Å². The Bertz CT molecular complexity index is 657. The molecule has 0 heterocycles. The molecule has 2 atom stereocenters. The summed E-state index contributed by atoms with van der Waals surface area (Å²) in [5.74, 6) is 14.0. The van der Waals surface area contributed by atoms with Crippen molar-refractivity contribution in [2.45, 2.75) is 59.3 Å². The van der Waals surface area contributed by atoms with E-state index in [1.807, 2.05) is 13.8 Å². The molecule has 2 saturated carbocycles. The summed E-state index contributed by atoms with van der Waals surface area (Å²) >= 11 is 0. The van der Waals surface area contributed by atoms with E-state index >= 15 is 0 Å². The largest absolute Gasteiger partial charge is 0.324 e. The SMILES string of the molecule is CC(=O)[C@@H](C)CC#CC1CC1.C[C@@H](CC#CC1CC1)C(=O)CP(C)(C)=O. The topological polar surface area (TPSA) is 51.2 Å². The van der Waals surface area contributed by atoms with Crippen molar-refractivity contribution in [3.63, 3.8) is 0 Å². The first kappa shape index (κ1) is 22.7. The summed E-state index contributed by atoms with van der Waals surface area (Å²) in [5.41, 5.74) is 0. The second-order valence-corrected chi connectivity index (χ2v) is 11.7. The Morgan fingerprint density at radius 1 is 0.923 bits per heavy atom. The van der Waals surface area contributed by atoms with Gasteiger partial charge in [-0.25, -0.2) is 0 Å². The number of Topliss-reactive ketones (excluding diaryl/α,β-unsaturated/α-hetero) is 2. The molecule has 26 heavy (non-hydrogen) atoms. The lowest BCUT2D eigenvalue weighted by atomic mass is 10.0. The van der Waals surface area contributed by atoms with E-state index in [0.717, 1.165) is 6.42 Å². The molecule has 2 rings (SSSR count). The van der Waals surface area contributed by atoms with Gasteiger partial charge in [0.05, 0.1) is 13.3 Å². The smallest absolute Gasteiger partial charge is 0.143 e. The Kier molecular flexibility index (Phi) is 9.39. The second kappa shape index (κ2) is 10.7. The van der Waals surface area contributed by atoms with Gasteiger partial charge in [0.2, 0.25) is 0 Å². The average molecular weight is 376 g/mol. The quantitative estimate of drug-likeness (QED) is 0.501. The van der Waals surface area contributed by atoms with Crippen LogP contribution in [0.1, 0.15) is 59.3 Å². The minimum Gasteiger partial charge on any atom is -0.324 e. The van der Waals surface area contributed by atoms with Gasteiger partial charge in [-0.15, -0.1) is 11.8 Å². The molecule has 144 valence electrons. The second-order valence-electron chi connectivity index (χ2n) is 8.21. The van der Waals surface area contributed by atoms with Crippen LogP contribution in [0.2, 0.25) is 0 Å². The molecular weight excluding hydrogens is 343 g/mol. The lowest BCUT2D eigenvalue weighted by Gasteiger charge is -2.09. The predicted octanol–water partition coefficient (Wildman–Crippen LogP) is 4.63. The molecule has 0 amide bonds. The number of rotatable bonds is 6. The molecular formula is C22H33O3P. The van der Waals surface area contributed by atoms with Gasteiger partial charge in [-0.1, -0.05) is 25.7 Å². The average Bonchev–Trinajstić information content (AvgIpc) is 3.40. The summed E-state index contributed by atoms with van der Waals surface area (Å²) in [6.45, 7) is 8.76. The molecule has 0 saturated heterocycles. The molecule has 4 heteroatoms. The van der Waals surface area contributed by atoms with Crippen LogP contribution in [0, 0.1) is 47.4 Å². The number of hydrogen-bond acceptors (Lipinski definition) is 3. The highest BCUT2D eigenvalue weighted by Crippen LogP contribution is 2.36. The van der Waals surface area contributed by atoms with Gasteiger partial charge in [0, 0.05) is 36.5 Å². The highest BCUT2D eigenvalue weighted by molar-refractivity contribution is 7.63. The Labute approximate surface area is 159 Å². The van der Waals surface area contributed by atoms with E-state index in [-0.39, 0.29) is 29.6 Å². The maximum absolute atomic E-state index is 11.6. The van der Waals surface area contributed by atoms with E-state index in [0.29, 0.717) is 18.3 Å². The van der Waals surface area contributed by atoms with Gasteiger partial charge >= 0.3 is 0 Å². The monoisotopic (exact) mass is 376 g/mol. The van der Waals surface area contributed by atoms with Gasteiger partial charge < -0.3 is 4.57 Å². The third kappa shape index (κ3) is 12.1. The third-order valence-corrected chi connectivity index (χ3v) is 5.44. The molecule has 0 N–H and O–H groups in total. The van der Waals surface area contributed by atoms with Crippen LogP contribution in [-0.4, -0.2) is 31.1 Å². The molecule has 0 bridgehead atoms. The fourth-order valence-electron chi connectivity index (χ4n) is 1.96. The summed E-state index contributed by atoms with van der Waals surface area (Å²) in [6, 6.07) is 0. The summed E-state index contributed by atoms with van der Waals surface area (Å²) in [6.07, 6.45) is 6.55. The van der Waals surface area contributed by atoms with Crippen molar-refractivity contribution in [3.05, 3.63) is 0 Å². The van der Waals surface area contributed by atoms with Crippen molar-refractivity contribution in [3.8, 4) is 23.7 Å². The zero-order valence-electron chi connectivity index (χ0n) is 16.9. The van der Waals surface area contributed by atoms with Gasteiger partial charge in [-0.05, 0) is 45.9 Å². The summed E-state index contributed by atoms with van der Waals surface area (Å²) < 4.78 is 11.5. The third-order valence-electron chi connectivity index (χ3n) is 4.36. The Balaban J connectivity index is 0.000000273. The number of ketones is 2. The fourth-order valence-corrected chi connectivity index (χ4v) is 3.02. The van der Waals surface area contributed by atoms with E-state index in [1.165, 1.54) is 25.7 Å². The van der Waals surface area contributed by atoms with Crippen molar-refractivity contribution < 1.29 is 14.2 Å². The van der Waals surface area contributed by atoms with Crippen LogP contribution in [0.4, 0.5) is 0 Å². The van der Waals surface area contributed by atoms with Crippen molar-refractivity contribution in [2.75, 3.05) is 19.5 Å². The molecule has 0 aromatic carbocycles. The molecule has 2 aliphatic rings. The zero-order chi connectivity index (χ0) is 19.7. The van der Waals surface area contributed by atoms with Gasteiger partial charge in [0.25, 0.3) is 0 Å². The Morgan fingerprint density at radius 2 is 1.35 bits per heavy atom. The van der Waals surface area contributed by atoms with E-state index in [1.54, 1.807) is 20.3 Å². The lowest BCUT2D eigenvalue weighted by Crippen LogP contribution is -2.14. The highest BCUT2D eigenvalue weighted by atomic mass is 31.2. The van der Waals surface area contributed by atoms with Crippen LogP contribution in [0.25, 0.3) is 0 Å². The van der Waals surface area contributed by atoms with Gasteiger partial charge in [-0.2, -0.15) is 0 Å². The standard InChI is InChI=1S/C12H19O2P.C10H14O/c1-10(5-4-6-11-7-8-11)12(13)9-15(2,3)14;1-8(9(2)11)4-3-5-10-6-7-10/h10-11H,5,7-9H2,1-3H3;8,10H,4,6-7H2,1-2H3/t10-;8-/m00/s1. The normalized spacial score (nSPS) is 18.0. The van der Waals surface area contributed by atoms with Crippen molar-refractivity contribution in [2.24, 2.45) is 23.7 Å². The van der Waals surface area contributed by atoms with Crippen molar-refractivity contribution in [1.82, 2.24) is 0 Å². The van der Waals surface area contributed by atoms with Crippen molar-refractivity contribution in [1.29, 1.82) is 0 Å². The van der Waals surface area contributed by atoms with Gasteiger partial charge in [0.1, 0.15) is 11.6 Å². The van der Waals surface area contributed by atoms with E-state index in [4.69, 9.17) is 0 Å². The van der Waals surface area contributed by atoms with Crippen molar-refractivity contribution >= 4 is 18.7 Å². The number of carbonyl (C=O) groups excluding carboxylic acids is 2. The van der Waals surface area contributed by atoms with Crippen LogP contribution in [0.15, 0.2) is 0 Å². The highest BCUT2D eigenvalue weighted by Gasteiger charge is 2.20. The summed E-state index contributed by atoms with van der Waals surface area (Å²) in [4.78, 5) is 22.4. The molecule has 2 aliphatic carbocycles. The molecule has 0 spiro atoms. The van der Waals surface area contributed by atoms with E-state index < -0.39 is 7.14 Å².